The third-order valence-corrected chi connectivity index (χ3v) is 6.59. The first-order chi connectivity index (χ1) is 11.1. The molecule has 0 aromatic heterocycles. The van der Waals surface area contributed by atoms with Crippen LogP contribution in [-0.4, -0.2) is 61.8 Å². The van der Waals surface area contributed by atoms with Crippen LogP contribution in [0, 0.1) is 0 Å². The Morgan fingerprint density at radius 1 is 0.958 bits per heavy atom. The Morgan fingerprint density at radius 2 is 1.46 bits per heavy atom. The largest absolute Gasteiger partial charge is 0.615 e. The van der Waals surface area contributed by atoms with Gasteiger partial charge < -0.3 is 4.55 Å². The maximum absolute atomic E-state index is 11.5. The highest BCUT2D eigenvalue weighted by molar-refractivity contribution is 7.92. The molecule has 0 fully saturated rings. The van der Waals surface area contributed by atoms with Gasteiger partial charge in [-0.3, -0.25) is 8.37 Å². The summed E-state index contributed by atoms with van der Waals surface area (Å²) in [6.45, 7) is 1.82. The Bertz CT molecular complexity index is 556. The molecule has 13 heteroatoms. The van der Waals surface area contributed by atoms with Gasteiger partial charge in [-0.05, 0) is 30.9 Å². The highest BCUT2D eigenvalue weighted by atomic mass is 32.2. The van der Waals surface area contributed by atoms with Gasteiger partial charge >= 0.3 is 0 Å². The van der Waals surface area contributed by atoms with Crippen LogP contribution < -0.4 is 0 Å². The van der Waals surface area contributed by atoms with E-state index in [9.17, 15) is 25.6 Å². The number of hydrogen-bond acceptors (Lipinski definition) is 9. The minimum Gasteiger partial charge on any atom is -0.615 e. The first-order valence-corrected chi connectivity index (χ1v) is 13.3. The maximum Gasteiger partial charge on any atom is 0.271 e. The van der Waals surface area contributed by atoms with Gasteiger partial charge in [0.05, 0.1) is 24.4 Å². The standard InChI is InChI=1S/C11H24O9S4/c1-3-18-22(13)11-20-24(16,17)9-7-5-4-6-8-23(14,15)19-10-21(2)12/h3-11H2,1-2H3. The molecule has 0 radical (unpaired) electrons. The third kappa shape index (κ3) is 14.6. The average Bonchev–Trinajstić information content (AvgIpc) is 2.47. The Morgan fingerprint density at radius 3 is 1.92 bits per heavy atom. The van der Waals surface area contributed by atoms with E-state index in [4.69, 9.17) is 0 Å². The molecule has 0 rings (SSSR count). The number of unbranched alkanes of at least 4 members (excludes halogenated alkanes) is 3. The molecule has 0 N–H and O–H groups in total. The summed E-state index contributed by atoms with van der Waals surface area (Å²) in [7, 11) is -7.48. The molecule has 9 nitrogen and oxygen atoms in total. The van der Waals surface area contributed by atoms with Crippen LogP contribution in [0.2, 0.25) is 0 Å². The summed E-state index contributed by atoms with van der Waals surface area (Å²) in [6, 6.07) is 0. The van der Waals surface area contributed by atoms with Crippen molar-refractivity contribution in [3.05, 3.63) is 0 Å². The van der Waals surface area contributed by atoms with Crippen LogP contribution in [0.5, 0.6) is 0 Å². The summed E-state index contributed by atoms with van der Waals surface area (Å²) in [4.78, 5) is 0. The average molecular weight is 429 g/mol. The molecule has 0 aromatic rings. The molecule has 2 atom stereocenters. The van der Waals surface area contributed by atoms with Gasteiger partial charge in [-0.2, -0.15) is 16.8 Å². The second kappa shape index (κ2) is 12.6. The van der Waals surface area contributed by atoms with Gasteiger partial charge in [0.1, 0.15) is 0 Å². The molecule has 0 amide bonds. The predicted octanol–water partition coefficient (Wildman–Crippen LogP) is 0.233. The fraction of sp³-hybridized carbons (Fsp3) is 1.00. The molecule has 0 aromatic carbocycles. The molecular weight excluding hydrogens is 404 g/mol. The van der Waals surface area contributed by atoms with Crippen molar-refractivity contribution in [3.63, 3.8) is 0 Å². The third-order valence-electron chi connectivity index (χ3n) is 2.51. The van der Waals surface area contributed by atoms with Crippen LogP contribution in [0.25, 0.3) is 0 Å². The summed E-state index contributed by atoms with van der Waals surface area (Å²) in [5, 5.41) is 0. The van der Waals surface area contributed by atoms with Crippen LogP contribution in [0.3, 0.4) is 0 Å². The van der Waals surface area contributed by atoms with Crippen molar-refractivity contribution < 1.29 is 38.1 Å². The van der Waals surface area contributed by atoms with E-state index in [0.29, 0.717) is 25.7 Å². The van der Waals surface area contributed by atoms with Crippen molar-refractivity contribution in [1.29, 1.82) is 0 Å². The van der Waals surface area contributed by atoms with E-state index >= 15 is 0 Å². The van der Waals surface area contributed by atoms with Crippen LogP contribution in [0.15, 0.2) is 0 Å². The van der Waals surface area contributed by atoms with Gasteiger partial charge in [-0.25, -0.2) is 8.39 Å². The highest BCUT2D eigenvalue weighted by Gasteiger charge is 2.15. The zero-order chi connectivity index (χ0) is 18.6. The Labute approximate surface area is 149 Å². The van der Waals surface area contributed by atoms with Crippen LogP contribution in [0.1, 0.15) is 32.6 Å². The SMILES string of the molecule is CCOS(=O)COS(=O)(=O)CCCCCCS(=O)(=O)OC[S+](C)[O-]. The zero-order valence-corrected chi connectivity index (χ0v) is 16.9. The van der Waals surface area contributed by atoms with Crippen molar-refractivity contribution in [1.82, 2.24) is 0 Å². The van der Waals surface area contributed by atoms with Crippen LogP contribution >= 0.6 is 0 Å². The number of hydrogen-bond donors (Lipinski definition) is 0. The summed E-state index contributed by atoms with van der Waals surface area (Å²) in [5.74, 6) is -1.35. The molecule has 0 aliphatic carbocycles. The fourth-order valence-corrected chi connectivity index (χ4v) is 5.16. The molecule has 2 unspecified atom stereocenters. The Balaban J connectivity index is 3.83. The van der Waals surface area contributed by atoms with Gasteiger partial charge in [0.2, 0.25) is 5.94 Å². The lowest BCUT2D eigenvalue weighted by molar-refractivity contribution is 0.327. The van der Waals surface area contributed by atoms with Gasteiger partial charge in [-0.15, -0.1) is 0 Å². The van der Waals surface area contributed by atoms with Gasteiger partial charge in [0, 0.05) is 0 Å². The first kappa shape index (κ1) is 24.2. The van der Waals surface area contributed by atoms with Crippen molar-refractivity contribution in [3.8, 4) is 0 Å². The van der Waals surface area contributed by atoms with Gasteiger partial charge in [-0.1, -0.05) is 12.8 Å². The normalized spacial score (nSPS) is 15.3. The van der Waals surface area contributed by atoms with E-state index < -0.39 is 48.4 Å². The summed E-state index contributed by atoms with van der Waals surface area (Å²) in [6.07, 6.45) is 2.93. The molecule has 0 saturated carbocycles. The minimum atomic E-state index is -3.78. The van der Waals surface area contributed by atoms with Crippen molar-refractivity contribution in [2.45, 2.75) is 32.6 Å². The second-order valence-corrected chi connectivity index (χ2v) is 10.7. The minimum absolute atomic E-state index is 0.191. The lowest BCUT2D eigenvalue weighted by Crippen LogP contribution is -2.16. The summed E-state index contributed by atoms with van der Waals surface area (Å²) >= 11 is -3.15. The van der Waals surface area contributed by atoms with E-state index in [2.05, 4.69) is 12.5 Å². The second-order valence-electron chi connectivity index (χ2n) is 4.69. The quantitative estimate of drug-likeness (QED) is 0.204. The predicted molar refractivity (Wildman–Crippen MR) is 91.8 cm³/mol. The van der Waals surface area contributed by atoms with E-state index in [1.54, 1.807) is 6.92 Å². The smallest absolute Gasteiger partial charge is 0.271 e. The van der Waals surface area contributed by atoms with E-state index in [1.807, 2.05) is 0 Å². The van der Waals surface area contributed by atoms with Crippen LogP contribution in [0.4, 0.5) is 0 Å². The molecule has 24 heavy (non-hydrogen) atoms. The summed E-state index contributed by atoms with van der Waals surface area (Å²) in [5.41, 5.74) is 0. The molecule has 146 valence electrons. The lowest BCUT2D eigenvalue weighted by Gasteiger charge is -2.07. The monoisotopic (exact) mass is 428 g/mol. The Hall–Kier alpha value is 0.240. The van der Waals surface area contributed by atoms with E-state index in [-0.39, 0.29) is 24.1 Å². The van der Waals surface area contributed by atoms with Crippen molar-refractivity contribution >= 4 is 42.5 Å². The molecular formula is C11H24O9S4. The molecule has 0 aliphatic heterocycles. The van der Waals surface area contributed by atoms with E-state index in [0.717, 1.165) is 0 Å². The lowest BCUT2D eigenvalue weighted by atomic mass is 10.2. The van der Waals surface area contributed by atoms with Crippen molar-refractivity contribution in [2.75, 3.05) is 36.2 Å². The topological polar surface area (TPSA) is 136 Å². The Kier molecular flexibility index (Phi) is 12.7. The first-order valence-electron chi connectivity index (χ1n) is 7.14. The molecule has 0 saturated heterocycles. The molecule has 0 bridgehead atoms. The molecule has 0 aliphatic rings. The number of rotatable bonds is 15. The van der Waals surface area contributed by atoms with Crippen molar-refractivity contribution in [2.24, 2.45) is 0 Å². The van der Waals surface area contributed by atoms with Crippen LogP contribution in [-0.2, 0) is 55.0 Å². The highest BCUT2D eigenvalue weighted by Crippen LogP contribution is 2.07. The van der Waals surface area contributed by atoms with Gasteiger partial charge in [0.15, 0.2) is 17.0 Å². The van der Waals surface area contributed by atoms with E-state index in [1.165, 1.54) is 6.26 Å². The molecule has 0 heterocycles. The fourth-order valence-electron chi connectivity index (χ4n) is 1.45. The molecule has 0 spiro atoms. The maximum atomic E-state index is 11.5. The summed E-state index contributed by atoms with van der Waals surface area (Å²) < 4.78 is 81.5. The zero-order valence-electron chi connectivity index (χ0n) is 13.7. The van der Waals surface area contributed by atoms with Gasteiger partial charge in [0.25, 0.3) is 20.2 Å².